The molecular weight excluding hydrogens is 362 g/mol. The molecule has 0 atom stereocenters. The molecule has 1 amide bonds. The zero-order valence-corrected chi connectivity index (χ0v) is 16.1. The highest BCUT2D eigenvalue weighted by Crippen LogP contribution is 2.25. The normalized spacial score (nSPS) is 10.6. The van der Waals surface area contributed by atoms with Crippen molar-refractivity contribution in [3.63, 3.8) is 0 Å². The zero-order valence-electron chi connectivity index (χ0n) is 15.3. The molecule has 0 saturated carbocycles. The summed E-state index contributed by atoms with van der Waals surface area (Å²) in [5.74, 6) is 1.45. The van der Waals surface area contributed by atoms with Gasteiger partial charge in [-0.15, -0.1) is 10.2 Å². The third-order valence-electron chi connectivity index (χ3n) is 3.72. The number of nitrogens with zero attached hydrogens (tertiary/aromatic N) is 4. The first-order valence-electron chi connectivity index (χ1n) is 8.72. The van der Waals surface area contributed by atoms with Crippen molar-refractivity contribution in [3.8, 4) is 17.3 Å². The number of thioether (sulfide) groups is 1. The van der Waals surface area contributed by atoms with E-state index in [0.717, 1.165) is 5.69 Å². The highest BCUT2D eigenvalue weighted by atomic mass is 32.2. The van der Waals surface area contributed by atoms with Crippen LogP contribution in [0.4, 0.5) is 5.69 Å². The number of ether oxygens (including phenoxy) is 1. The van der Waals surface area contributed by atoms with Crippen LogP contribution in [-0.4, -0.2) is 38.0 Å². The minimum atomic E-state index is -0.128. The molecule has 0 saturated heterocycles. The van der Waals surface area contributed by atoms with Gasteiger partial charge in [0.1, 0.15) is 11.4 Å². The number of benzene rings is 1. The molecule has 0 spiro atoms. The van der Waals surface area contributed by atoms with Crippen LogP contribution < -0.4 is 10.1 Å². The summed E-state index contributed by atoms with van der Waals surface area (Å²) in [6.45, 7) is 5.15. The number of amides is 1. The standard InChI is InChI=1S/C19H21N5O2S/c1-3-24-18(15-10-7-8-12-20-15)22-23-19(24)27-13-17(25)21-14-9-5-6-11-16(14)26-4-2/h5-12H,3-4,13H2,1-2H3,(H,21,25). The lowest BCUT2D eigenvalue weighted by Crippen LogP contribution is -2.15. The van der Waals surface area contributed by atoms with Gasteiger partial charge in [-0.2, -0.15) is 0 Å². The molecule has 0 aliphatic heterocycles. The van der Waals surface area contributed by atoms with Crippen molar-refractivity contribution in [2.24, 2.45) is 0 Å². The SMILES string of the molecule is CCOc1ccccc1NC(=O)CSc1nnc(-c2ccccn2)n1CC. The molecule has 3 aromatic rings. The summed E-state index contributed by atoms with van der Waals surface area (Å²) in [6, 6.07) is 13.0. The fraction of sp³-hybridized carbons (Fsp3) is 0.263. The number of pyridine rings is 1. The Morgan fingerprint density at radius 1 is 1.15 bits per heavy atom. The van der Waals surface area contributed by atoms with Gasteiger partial charge >= 0.3 is 0 Å². The summed E-state index contributed by atoms with van der Waals surface area (Å²) in [5.41, 5.74) is 1.42. The molecule has 0 bridgehead atoms. The quantitative estimate of drug-likeness (QED) is 0.600. The monoisotopic (exact) mass is 383 g/mol. The van der Waals surface area contributed by atoms with Crippen molar-refractivity contribution in [2.45, 2.75) is 25.5 Å². The number of hydrogen-bond acceptors (Lipinski definition) is 6. The van der Waals surface area contributed by atoms with E-state index in [4.69, 9.17) is 4.74 Å². The van der Waals surface area contributed by atoms with Crippen molar-refractivity contribution in [1.82, 2.24) is 19.7 Å². The highest BCUT2D eigenvalue weighted by molar-refractivity contribution is 7.99. The van der Waals surface area contributed by atoms with Crippen molar-refractivity contribution in [2.75, 3.05) is 17.7 Å². The van der Waals surface area contributed by atoms with Crippen LogP contribution >= 0.6 is 11.8 Å². The third kappa shape index (κ3) is 4.65. The lowest BCUT2D eigenvalue weighted by molar-refractivity contribution is -0.113. The van der Waals surface area contributed by atoms with Crippen molar-refractivity contribution in [1.29, 1.82) is 0 Å². The second-order valence-electron chi connectivity index (χ2n) is 5.53. The Morgan fingerprint density at radius 2 is 1.96 bits per heavy atom. The second kappa shape index (κ2) is 9.18. The molecule has 0 fully saturated rings. The molecule has 1 aromatic carbocycles. The topological polar surface area (TPSA) is 81.9 Å². The lowest BCUT2D eigenvalue weighted by atomic mass is 10.3. The van der Waals surface area contributed by atoms with E-state index in [9.17, 15) is 4.79 Å². The smallest absolute Gasteiger partial charge is 0.234 e. The molecule has 0 radical (unpaired) electrons. The number of aromatic nitrogens is 4. The van der Waals surface area contributed by atoms with Gasteiger partial charge in [0.05, 0.1) is 18.0 Å². The number of carbonyl (C=O) groups excluding carboxylic acids is 1. The van der Waals surface area contributed by atoms with Crippen LogP contribution in [0.15, 0.2) is 53.8 Å². The molecule has 2 aromatic heterocycles. The minimum Gasteiger partial charge on any atom is -0.492 e. The van der Waals surface area contributed by atoms with Gasteiger partial charge in [-0.25, -0.2) is 0 Å². The Morgan fingerprint density at radius 3 is 2.70 bits per heavy atom. The second-order valence-corrected chi connectivity index (χ2v) is 6.47. The van der Waals surface area contributed by atoms with Crippen molar-refractivity contribution in [3.05, 3.63) is 48.7 Å². The van der Waals surface area contributed by atoms with Crippen LogP contribution in [0.1, 0.15) is 13.8 Å². The largest absolute Gasteiger partial charge is 0.492 e. The summed E-state index contributed by atoms with van der Waals surface area (Å²) in [6.07, 6.45) is 1.72. The number of hydrogen-bond donors (Lipinski definition) is 1. The molecule has 7 nitrogen and oxygen atoms in total. The van der Waals surface area contributed by atoms with E-state index in [-0.39, 0.29) is 11.7 Å². The van der Waals surface area contributed by atoms with Crippen LogP contribution in [0.2, 0.25) is 0 Å². The van der Waals surface area contributed by atoms with E-state index in [1.165, 1.54) is 11.8 Å². The average molecular weight is 383 g/mol. The fourth-order valence-corrected chi connectivity index (χ4v) is 3.34. The molecule has 3 rings (SSSR count). The molecule has 0 unspecified atom stereocenters. The molecule has 27 heavy (non-hydrogen) atoms. The highest BCUT2D eigenvalue weighted by Gasteiger charge is 2.15. The third-order valence-corrected chi connectivity index (χ3v) is 4.69. The summed E-state index contributed by atoms with van der Waals surface area (Å²) >= 11 is 1.34. The Balaban J connectivity index is 1.67. The predicted octanol–water partition coefficient (Wildman–Crippen LogP) is 3.49. The van der Waals surface area contributed by atoms with Crippen LogP contribution in [0.5, 0.6) is 5.75 Å². The van der Waals surface area contributed by atoms with E-state index in [1.54, 1.807) is 6.20 Å². The summed E-state index contributed by atoms with van der Waals surface area (Å²) in [5, 5.41) is 12.0. The van der Waals surface area contributed by atoms with Gasteiger partial charge < -0.3 is 14.6 Å². The Hall–Kier alpha value is -2.87. The van der Waals surface area contributed by atoms with E-state index < -0.39 is 0 Å². The van der Waals surface area contributed by atoms with Crippen molar-refractivity contribution < 1.29 is 9.53 Å². The van der Waals surface area contributed by atoms with Gasteiger partial charge in [0, 0.05) is 12.7 Å². The molecule has 8 heteroatoms. The van der Waals surface area contributed by atoms with Gasteiger partial charge in [-0.05, 0) is 38.1 Å². The fourth-order valence-electron chi connectivity index (χ4n) is 2.53. The van der Waals surface area contributed by atoms with Crippen LogP contribution in [0.25, 0.3) is 11.5 Å². The first kappa shape index (κ1) is 18.9. The average Bonchev–Trinajstić information content (AvgIpc) is 3.12. The maximum Gasteiger partial charge on any atom is 0.234 e. The molecule has 2 heterocycles. The zero-order chi connectivity index (χ0) is 19.1. The first-order chi connectivity index (χ1) is 13.2. The number of carbonyl (C=O) groups is 1. The maximum atomic E-state index is 12.4. The van der Waals surface area contributed by atoms with E-state index >= 15 is 0 Å². The number of para-hydroxylation sites is 2. The molecule has 0 aliphatic rings. The number of rotatable bonds is 8. The van der Waals surface area contributed by atoms with E-state index in [2.05, 4.69) is 20.5 Å². The van der Waals surface area contributed by atoms with Gasteiger partial charge in [-0.1, -0.05) is 30.0 Å². The summed E-state index contributed by atoms with van der Waals surface area (Å²) in [4.78, 5) is 16.7. The minimum absolute atomic E-state index is 0.128. The van der Waals surface area contributed by atoms with E-state index in [0.29, 0.717) is 35.6 Å². The number of anilines is 1. The van der Waals surface area contributed by atoms with Gasteiger partial charge in [0.25, 0.3) is 0 Å². The lowest BCUT2D eigenvalue weighted by Gasteiger charge is -2.11. The molecule has 1 N–H and O–H groups in total. The maximum absolute atomic E-state index is 12.4. The number of nitrogens with one attached hydrogen (secondary N) is 1. The van der Waals surface area contributed by atoms with Crippen LogP contribution in [0.3, 0.4) is 0 Å². The van der Waals surface area contributed by atoms with Gasteiger partial charge in [-0.3, -0.25) is 9.78 Å². The Labute approximate surface area is 162 Å². The predicted molar refractivity (Wildman–Crippen MR) is 106 cm³/mol. The van der Waals surface area contributed by atoms with Crippen LogP contribution in [0, 0.1) is 0 Å². The molecular formula is C19H21N5O2S. The van der Waals surface area contributed by atoms with Gasteiger partial charge in [0.15, 0.2) is 11.0 Å². The summed E-state index contributed by atoms with van der Waals surface area (Å²) < 4.78 is 7.49. The summed E-state index contributed by atoms with van der Waals surface area (Å²) in [7, 11) is 0. The van der Waals surface area contributed by atoms with E-state index in [1.807, 2.05) is 60.9 Å². The Bertz CT molecular complexity index is 898. The molecule has 140 valence electrons. The van der Waals surface area contributed by atoms with Crippen LogP contribution in [-0.2, 0) is 11.3 Å². The molecule has 0 aliphatic carbocycles. The first-order valence-corrected chi connectivity index (χ1v) is 9.70. The Kier molecular flexibility index (Phi) is 6.43. The van der Waals surface area contributed by atoms with Gasteiger partial charge in [0.2, 0.25) is 5.91 Å². The van der Waals surface area contributed by atoms with Crippen molar-refractivity contribution >= 4 is 23.4 Å².